The van der Waals surface area contributed by atoms with Gasteiger partial charge >= 0.3 is 5.97 Å². The Labute approximate surface area is 101 Å². The van der Waals surface area contributed by atoms with Crippen LogP contribution in [-0.2, 0) is 9.53 Å². The summed E-state index contributed by atoms with van der Waals surface area (Å²) in [5, 5.41) is 0. The van der Waals surface area contributed by atoms with E-state index in [1.165, 1.54) is 0 Å². The molecular weight excluding hydrogens is 200 g/mol. The maximum absolute atomic E-state index is 11.6. The molecule has 0 aromatic rings. The molecule has 96 valence electrons. The van der Waals surface area contributed by atoms with Crippen molar-refractivity contribution in [3.05, 3.63) is 0 Å². The Hall–Kier alpha value is -0.530. The minimum Gasteiger partial charge on any atom is -0.462 e. The Morgan fingerprint density at radius 1 is 1.00 bits per heavy atom. The lowest BCUT2D eigenvalue weighted by atomic mass is 9.96. The van der Waals surface area contributed by atoms with E-state index >= 15 is 0 Å². The number of ether oxygens (including phenoxy) is 1. The molecule has 0 fully saturated rings. The van der Waals surface area contributed by atoms with Crippen molar-refractivity contribution in [1.82, 2.24) is 0 Å². The van der Waals surface area contributed by atoms with Crippen molar-refractivity contribution < 1.29 is 9.53 Å². The van der Waals surface area contributed by atoms with Crippen molar-refractivity contribution in [2.75, 3.05) is 0 Å². The summed E-state index contributed by atoms with van der Waals surface area (Å²) in [6.45, 7) is 12.8. The van der Waals surface area contributed by atoms with Crippen molar-refractivity contribution in [2.45, 2.75) is 66.9 Å². The molecule has 0 saturated carbocycles. The van der Waals surface area contributed by atoms with Crippen molar-refractivity contribution in [1.29, 1.82) is 0 Å². The maximum Gasteiger partial charge on any atom is 0.306 e. The van der Waals surface area contributed by atoms with E-state index in [1.54, 1.807) is 0 Å². The normalized spacial score (nSPS) is 11.9. The van der Waals surface area contributed by atoms with Crippen LogP contribution in [0.3, 0.4) is 0 Å². The molecule has 0 aromatic carbocycles. The first kappa shape index (κ1) is 15.5. The first-order chi connectivity index (χ1) is 7.34. The molecule has 0 unspecified atom stereocenters. The second-order valence-electron chi connectivity index (χ2n) is 5.73. The molecule has 0 saturated heterocycles. The highest BCUT2D eigenvalue weighted by molar-refractivity contribution is 5.69. The summed E-state index contributed by atoms with van der Waals surface area (Å²) in [4.78, 5) is 11.6. The lowest BCUT2D eigenvalue weighted by molar-refractivity contribution is -0.154. The van der Waals surface area contributed by atoms with Crippen LogP contribution < -0.4 is 0 Å². The Bertz CT molecular complexity index is 187. The summed E-state index contributed by atoms with van der Waals surface area (Å²) < 4.78 is 5.52. The van der Waals surface area contributed by atoms with E-state index in [2.05, 4.69) is 41.5 Å². The Balaban J connectivity index is 3.92. The van der Waals surface area contributed by atoms with E-state index in [9.17, 15) is 4.79 Å². The van der Waals surface area contributed by atoms with Gasteiger partial charge in [0.1, 0.15) is 6.10 Å². The van der Waals surface area contributed by atoms with Gasteiger partial charge in [0.2, 0.25) is 0 Å². The first-order valence-electron chi connectivity index (χ1n) is 6.54. The zero-order valence-corrected chi connectivity index (χ0v) is 11.7. The maximum atomic E-state index is 11.6. The quantitative estimate of drug-likeness (QED) is 0.615. The molecule has 0 atom stereocenters. The molecule has 2 heteroatoms. The fourth-order valence-electron chi connectivity index (χ4n) is 1.91. The molecule has 0 N–H and O–H groups in total. The van der Waals surface area contributed by atoms with Gasteiger partial charge in [-0.15, -0.1) is 0 Å². The van der Waals surface area contributed by atoms with Crippen LogP contribution in [0.5, 0.6) is 0 Å². The van der Waals surface area contributed by atoms with Crippen LogP contribution in [-0.4, -0.2) is 12.1 Å². The molecule has 0 aliphatic heterocycles. The number of carbonyl (C=O) groups is 1. The van der Waals surface area contributed by atoms with E-state index in [0.29, 0.717) is 24.2 Å². The third-order valence-corrected chi connectivity index (χ3v) is 2.74. The number of esters is 1. The number of hydrogen-bond donors (Lipinski definition) is 0. The highest BCUT2D eigenvalue weighted by Gasteiger charge is 2.21. The summed E-state index contributed by atoms with van der Waals surface area (Å²) in [5.41, 5.74) is 0. The van der Waals surface area contributed by atoms with Crippen LogP contribution in [0.25, 0.3) is 0 Å². The van der Waals surface area contributed by atoms with Crippen LogP contribution in [0, 0.1) is 17.8 Å². The highest BCUT2D eigenvalue weighted by Crippen LogP contribution is 2.17. The van der Waals surface area contributed by atoms with Gasteiger partial charge in [0.05, 0.1) is 0 Å². The molecule has 0 aliphatic carbocycles. The van der Waals surface area contributed by atoms with Crippen molar-refractivity contribution in [3.8, 4) is 0 Å². The second kappa shape index (κ2) is 7.70. The Morgan fingerprint density at radius 3 is 1.88 bits per heavy atom. The fourth-order valence-corrected chi connectivity index (χ4v) is 1.91. The average Bonchev–Trinajstić information content (AvgIpc) is 2.12. The van der Waals surface area contributed by atoms with Crippen LogP contribution >= 0.6 is 0 Å². The van der Waals surface area contributed by atoms with E-state index in [1.807, 2.05) is 0 Å². The summed E-state index contributed by atoms with van der Waals surface area (Å²) in [6.07, 6.45) is 2.67. The third-order valence-electron chi connectivity index (χ3n) is 2.74. The van der Waals surface area contributed by atoms with Gasteiger partial charge in [-0.05, 0) is 24.2 Å². The Morgan fingerprint density at radius 2 is 1.50 bits per heavy atom. The van der Waals surface area contributed by atoms with Crippen LogP contribution in [0.2, 0.25) is 0 Å². The van der Waals surface area contributed by atoms with Crippen molar-refractivity contribution in [2.24, 2.45) is 17.8 Å². The predicted octanol–water partition coefficient (Wildman–Crippen LogP) is 4.04. The third kappa shape index (κ3) is 6.86. The number of rotatable bonds is 7. The van der Waals surface area contributed by atoms with Crippen molar-refractivity contribution >= 4 is 5.97 Å². The molecule has 0 amide bonds. The zero-order chi connectivity index (χ0) is 12.7. The molecule has 0 spiro atoms. The molecule has 0 aromatic heterocycles. The largest absolute Gasteiger partial charge is 0.462 e. The Kier molecular flexibility index (Phi) is 7.44. The molecule has 0 aliphatic rings. The van der Waals surface area contributed by atoms with Gasteiger partial charge in [-0.3, -0.25) is 4.79 Å². The van der Waals surface area contributed by atoms with Gasteiger partial charge < -0.3 is 4.74 Å². The molecular formula is C14H28O2. The van der Waals surface area contributed by atoms with Gasteiger partial charge in [-0.1, -0.05) is 48.0 Å². The summed E-state index contributed by atoms with van der Waals surface area (Å²) >= 11 is 0. The lowest BCUT2D eigenvalue weighted by Gasteiger charge is -2.24. The monoisotopic (exact) mass is 228 g/mol. The molecule has 0 heterocycles. The SMILES string of the molecule is CC(C)CCCC(=O)OC(C(C)C)C(C)C. The minimum absolute atomic E-state index is 0.0342. The standard InChI is InChI=1S/C14H28O2/c1-10(2)8-7-9-13(15)16-14(11(3)4)12(5)6/h10-12,14H,7-9H2,1-6H3. The smallest absolute Gasteiger partial charge is 0.306 e. The lowest BCUT2D eigenvalue weighted by Crippen LogP contribution is -2.28. The van der Waals surface area contributed by atoms with Gasteiger partial charge in [0.25, 0.3) is 0 Å². The predicted molar refractivity (Wildman–Crippen MR) is 68.2 cm³/mol. The van der Waals surface area contributed by atoms with Crippen molar-refractivity contribution in [3.63, 3.8) is 0 Å². The van der Waals surface area contributed by atoms with Crippen LogP contribution in [0.15, 0.2) is 0 Å². The fraction of sp³-hybridized carbons (Fsp3) is 0.929. The summed E-state index contributed by atoms with van der Waals surface area (Å²) in [7, 11) is 0. The summed E-state index contributed by atoms with van der Waals surface area (Å²) in [5.74, 6) is 1.43. The van der Waals surface area contributed by atoms with Gasteiger partial charge in [0, 0.05) is 6.42 Å². The molecule has 0 bridgehead atoms. The highest BCUT2D eigenvalue weighted by atomic mass is 16.5. The van der Waals surface area contributed by atoms with E-state index < -0.39 is 0 Å². The zero-order valence-electron chi connectivity index (χ0n) is 11.7. The van der Waals surface area contributed by atoms with E-state index in [-0.39, 0.29) is 12.1 Å². The van der Waals surface area contributed by atoms with Gasteiger partial charge in [-0.25, -0.2) is 0 Å². The van der Waals surface area contributed by atoms with Gasteiger partial charge in [0.15, 0.2) is 0 Å². The number of hydrogen-bond acceptors (Lipinski definition) is 2. The van der Waals surface area contributed by atoms with Crippen LogP contribution in [0.1, 0.15) is 60.8 Å². The first-order valence-corrected chi connectivity index (χ1v) is 6.54. The average molecular weight is 228 g/mol. The molecule has 0 rings (SSSR count). The number of carbonyl (C=O) groups excluding carboxylic acids is 1. The van der Waals surface area contributed by atoms with Gasteiger partial charge in [-0.2, -0.15) is 0 Å². The van der Waals surface area contributed by atoms with Crippen LogP contribution in [0.4, 0.5) is 0 Å². The molecule has 16 heavy (non-hydrogen) atoms. The van der Waals surface area contributed by atoms with E-state index in [4.69, 9.17) is 4.74 Å². The summed E-state index contributed by atoms with van der Waals surface area (Å²) in [6, 6.07) is 0. The minimum atomic E-state index is -0.0342. The second-order valence-corrected chi connectivity index (χ2v) is 5.73. The topological polar surface area (TPSA) is 26.3 Å². The molecule has 2 nitrogen and oxygen atoms in total. The molecule has 0 radical (unpaired) electrons. The van der Waals surface area contributed by atoms with E-state index in [0.717, 1.165) is 12.8 Å².